The molecule has 1 amide bonds. The molecule has 0 bridgehead atoms. The van der Waals surface area contributed by atoms with Crippen LogP contribution >= 0.6 is 0 Å². The lowest BCUT2D eigenvalue weighted by Gasteiger charge is -2.15. The largest absolute Gasteiger partial charge is 0.378 e. The first-order chi connectivity index (χ1) is 13.5. The zero-order chi connectivity index (χ0) is 20.1. The van der Waals surface area contributed by atoms with E-state index in [2.05, 4.69) is 4.99 Å². The number of benzene rings is 3. The monoisotopic (exact) mass is 371 g/mol. The lowest BCUT2D eigenvalue weighted by atomic mass is 10.0. The van der Waals surface area contributed by atoms with Gasteiger partial charge in [-0.2, -0.15) is 0 Å². The van der Waals surface area contributed by atoms with E-state index in [4.69, 9.17) is 0 Å². The molecule has 0 heterocycles. The summed E-state index contributed by atoms with van der Waals surface area (Å²) in [5.41, 5.74) is 5.26. The highest BCUT2D eigenvalue weighted by molar-refractivity contribution is 6.18. The summed E-state index contributed by atoms with van der Waals surface area (Å²) in [6.07, 6.45) is 0. The first-order valence-corrected chi connectivity index (χ1v) is 9.19. The Morgan fingerprint density at radius 2 is 1.04 bits per heavy atom. The Kier molecular flexibility index (Phi) is 5.90. The van der Waals surface area contributed by atoms with Crippen molar-refractivity contribution in [2.24, 2.45) is 4.99 Å². The van der Waals surface area contributed by atoms with Crippen molar-refractivity contribution in [1.82, 2.24) is 0 Å². The van der Waals surface area contributed by atoms with Crippen LogP contribution in [0.4, 0.5) is 11.4 Å². The summed E-state index contributed by atoms with van der Waals surface area (Å²) in [5.74, 6) is -0.246. The molecule has 0 saturated heterocycles. The molecule has 4 heteroatoms. The molecule has 3 aromatic carbocycles. The molecule has 0 aliphatic heterocycles. The second-order valence-electron chi connectivity index (χ2n) is 7.01. The highest BCUT2D eigenvalue weighted by atomic mass is 16.1. The van der Waals surface area contributed by atoms with Crippen LogP contribution in [0, 0.1) is 0 Å². The zero-order valence-electron chi connectivity index (χ0n) is 16.8. The lowest BCUT2D eigenvalue weighted by molar-refractivity contribution is 0.100. The smallest absolute Gasteiger partial charge is 0.277 e. The molecule has 0 atom stereocenters. The molecule has 0 radical (unpaired) electrons. The van der Waals surface area contributed by atoms with Crippen molar-refractivity contribution in [2.45, 2.75) is 0 Å². The number of rotatable bonds is 5. The summed E-state index contributed by atoms with van der Waals surface area (Å²) in [5, 5.41) is 0. The van der Waals surface area contributed by atoms with E-state index >= 15 is 0 Å². The summed E-state index contributed by atoms with van der Waals surface area (Å²) in [7, 11) is 8.01. The van der Waals surface area contributed by atoms with Gasteiger partial charge in [0.1, 0.15) is 0 Å². The highest BCUT2D eigenvalue weighted by Crippen LogP contribution is 2.19. The van der Waals surface area contributed by atoms with Gasteiger partial charge in [0, 0.05) is 56.3 Å². The van der Waals surface area contributed by atoms with Crippen molar-refractivity contribution in [3.8, 4) is 0 Å². The van der Waals surface area contributed by atoms with Crippen LogP contribution in [0.2, 0.25) is 0 Å². The number of carbonyl (C=O) groups excluding carboxylic acids is 1. The third-order valence-corrected chi connectivity index (χ3v) is 4.55. The van der Waals surface area contributed by atoms with Gasteiger partial charge in [-0.25, -0.2) is 4.99 Å². The number of amides is 1. The van der Waals surface area contributed by atoms with E-state index in [0.29, 0.717) is 11.3 Å². The van der Waals surface area contributed by atoms with E-state index in [0.717, 1.165) is 22.5 Å². The van der Waals surface area contributed by atoms with Gasteiger partial charge in [-0.3, -0.25) is 4.79 Å². The molecule has 0 aliphatic rings. The molecule has 28 heavy (non-hydrogen) atoms. The topological polar surface area (TPSA) is 35.9 Å². The zero-order valence-corrected chi connectivity index (χ0v) is 16.8. The Morgan fingerprint density at radius 3 is 1.43 bits per heavy atom. The van der Waals surface area contributed by atoms with Crippen LogP contribution in [0.1, 0.15) is 21.5 Å². The third-order valence-electron chi connectivity index (χ3n) is 4.55. The molecule has 142 valence electrons. The Morgan fingerprint density at radius 1 is 0.607 bits per heavy atom. The average Bonchev–Trinajstić information content (AvgIpc) is 2.72. The number of hydrogen-bond donors (Lipinski definition) is 0. The molecule has 0 aromatic heterocycles. The average molecular weight is 371 g/mol. The molecule has 4 nitrogen and oxygen atoms in total. The Hall–Kier alpha value is -3.40. The minimum atomic E-state index is -0.246. The first-order valence-electron chi connectivity index (χ1n) is 9.19. The summed E-state index contributed by atoms with van der Waals surface area (Å²) >= 11 is 0. The van der Waals surface area contributed by atoms with Gasteiger partial charge in [0.15, 0.2) is 0 Å². The summed E-state index contributed by atoms with van der Waals surface area (Å²) in [6.45, 7) is 0. The van der Waals surface area contributed by atoms with E-state index in [1.807, 2.05) is 105 Å². The molecule has 0 N–H and O–H groups in total. The normalized spacial score (nSPS) is 10.3. The van der Waals surface area contributed by atoms with E-state index in [9.17, 15) is 4.79 Å². The fourth-order valence-corrected chi connectivity index (χ4v) is 2.88. The number of anilines is 2. The molecule has 0 fully saturated rings. The van der Waals surface area contributed by atoms with Gasteiger partial charge in [0.05, 0.1) is 5.71 Å². The molecule has 0 saturated carbocycles. The van der Waals surface area contributed by atoms with Gasteiger partial charge < -0.3 is 9.80 Å². The van der Waals surface area contributed by atoms with Crippen molar-refractivity contribution in [1.29, 1.82) is 0 Å². The van der Waals surface area contributed by atoms with E-state index < -0.39 is 0 Å². The van der Waals surface area contributed by atoms with Crippen LogP contribution in [-0.4, -0.2) is 39.8 Å². The van der Waals surface area contributed by atoms with Crippen LogP contribution < -0.4 is 9.80 Å². The molecular weight excluding hydrogens is 346 g/mol. The second-order valence-corrected chi connectivity index (χ2v) is 7.01. The van der Waals surface area contributed by atoms with Crippen molar-refractivity contribution < 1.29 is 4.79 Å². The predicted molar refractivity (Wildman–Crippen MR) is 118 cm³/mol. The third kappa shape index (κ3) is 4.46. The number of nitrogens with zero attached hydrogens (tertiary/aromatic N) is 3. The van der Waals surface area contributed by atoms with Crippen molar-refractivity contribution in [3.05, 3.63) is 95.6 Å². The Labute approximate surface area is 166 Å². The van der Waals surface area contributed by atoms with E-state index in [1.54, 1.807) is 12.1 Å². The lowest BCUT2D eigenvalue weighted by Crippen LogP contribution is -2.11. The van der Waals surface area contributed by atoms with E-state index in [1.165, 1.54) is 0 Å². The van der Waals surface area contributed by atoms with Gasteiger partial charge in [-0.15, -0.1) is 0 Å². The van der Waals surface area contributed by atoms with Crippen LogP contribution in [0.3, 0.4) is 0 Å². The fourth-order valence-electron chi connectivity index (χ4n) is 2.88. The van der Waals surface area contributed by atoms with Gasteiger partial charge >= 0.3 is 0 Å². The van der Waals surface area contributed by atoms with Gasteiger partial charge in [0.25, 0.3) is 5.91 Å². The highest BCUT2D eigenvalue weighted by Gasteiger charge is 2.12. The van der Waals surface area contributed by atoms with Crippen molar-refractivity contribution in [2.75, 3.05) is 38.0 Å². The van der Waals surface area contributed by atoms with Crippen LogP contribution in [0.15, 0.2) is 83.9 Å². The maximum absolute atomic E-state index is 12.7. The maximum Gasteiger partial charge on any atom is 0.277 e. The SMILES string of the molecule is CN(C)c1ccc(C(=NC(=O)c2ccccc2)c2ccc(N(C)C)cc2)cc1. The van der Waals surface area contributed by atoms with Gasteiger partial charge in [-0.1, -0.05) is 42.5 Å². The van der Waals surface area contributed by atoms with Gasteiger partial charge in [0.2, 0.25) is 0 Å². The second kappa shape index (κ2) is 8.53. The molecule has 0 spiro atoms. The van der Waals surface area contributed by atoms with E-state index in [-0.39, 0.29) is 5.91 Å². The quantitative estimate of drug-likeness (QED) is 0.620. The molecule has 0 aliphatic carbocycles. The van der Waals surface area contributed by atoms with Crippen molar-refractivity contribution >= 4 is 23.0 Å². The predicted octanol–water partition coefficient (Wildman–Crippen LogP) is 4.50. The maximum atomic E-state index is 12.7. The van der Waals surface area contributed by atoms with Crippen LogP contribution in [0.25, 0.3) is 0 Å². The summed E-state index contributed by atoms with van der Waals surface area (Å²) < 4.78 is 0. The van der Waals surface area contributed by atoms with Crippen molar-refractivity contribution in [3.63, 3.8) is 0 Å². The number of carbonyl (C=O) groups is 1. The number of hydrogen-bond acceptors (Lipinski definition) is 3. The minimum Gasteiger partial charge on any atom is -0.378 e. The summed E-state index contributed by atoms with van der Waals surface area (Å²) in [6, 6.07) is 25.3. The molecule has 3 aromatic rings. The Balaban J connectivity index is 2.05. The number of aliphatic imine (C=N–C) groups is 1. The first kappa shape index (κ1) is 19.4. The molecule has 3 rings (SSSR count). The Bertz CT molecular complexity index is 903. The fraction of sp³-hybridized carbons (Fsp3) is 0.167. The standard InChI is InChI=1S/C24H25N3O/c1-26(2)21-14-10-18(11-15-21)23(19-12-16-22(17-13-19)27(3)4)25-24(28)20-8-6-5-7-9-20/h5-17H,1-4H3. The molecule has 0 unspecified atom stereocenters. The van der Waals surface area contributed by atoms with Crippen LogP contribution in [0.5, 0.6) is 0 Å². The minimum absolute atomic E-state index is 0.246. The van der Waals surface area contributed by atoms with Crippen LogP contribution in [-0.2, 0) is 0 Å². The summed E-state index contributed by atoms with van der Waals surface area (Å²) in [4.78, 5) is 21.3. The molecular formula is C24H25N3O. The van der Waals surface area contributed by atoms with Gasteiger partial charge in [-0.05, 0) is 36.4 Å².